The number of imide groups is 1. The zero-order valence-electron chi connectivity index (χ0n) is 14.5. The monoisotopic (exact) mass is 386 g/mol. The number of aliphatic hydroxyl groups excluding tert-OH is 1. The Labute approximate surface area is 156 Å². The second kappa shape index (κ2) is 6.98. The fourth-order valence-corrected chi connectivity index (χ4v) is 3.35. The number of rotatable bonds is 5. The number of nitrogens with two attached hydrogens (primary N) is 1. The van der Waals surface area contributed by atoms with Crippen molar-refractivity contribution in [3.8, 4) is 0 Å². The quantitative estimate of drug-likeness (QED) is 0.756. The maximum atomic E-state index is 12.6. The van der Waals surface area contributed by atoms with Gasteiger partial charge in [0.05, 0.1) is 10.5 Å². The lowest BCUT2D eigenvalue weighted by Gasteiger charge is -2.14. The average molecular weight is 386 g/mol. The number of amides is 2. The molecule has 0 radical (unpaired) electrons. The third-order valence-corrected chi connectivity index (χ3v) is 5.29. The van der Waals surface area contributed by atoms with E-state index in [0.29, 0.717) is 12.0 Å². The molecule has 7 nitrogen and oxygen atoms in total. The van der Waals surface area contributed by atoms with E-state index in [1.54, 1.807) is 36.4 Å². The summed E-state index contributed by atoms with van der Waals surface area (Å²) in [6, 6.07) is 12.8. The van der Waals surface area contributed by atoms with Gasteiger partial charge in [0.25, 0.3) is 11.8 Å². The van der Waals surface area contributed by atoms with E-state index in [1.807, 2.05) is 6.92 Å². The molecule has 0 fully saturated rings. The molecular weight excluding hydrogens is 368 g/mol. The fourth-order valence-electron chi connectivity index (χ4n) is 2.83. The van der Waals surface area contributed by atoms with Gasteiger partial charge in [0, 0.05) is 6.54 Å². The molecule has 0 spiro atoms. The van der Waals surface area contributed by atoms with Gasteiger partial charge >= 0.3 is 0 Å². The molecule has 8 heteroatoms. The molecule has 0 saturated heterocycles. The van der Waals surface area contributed by atoms with Gasteiger partial charge in [0.1, 0.15) is 0 Å². The minimum absolute atomic E-state index is 0.00965. The van der Waals surface area contributed by atoms with E-state index in [2.05, 4.69) is 0 Å². The molecule has 0 atom stereocenters. The first kappa shape index (κ1) is 18.8. The Morgan fingerprint density at radius 2 is 1.56 bits per heavy atom. The zero-order chi connectivity index (χ0) is 19.8. The van der Waals surface area contributed by atoms with Gasteiger partial charge in [-0.25, -0.2) is 13.6 Å². The van der Waals surface area contributed by atoms with Crippen molar-refractivity contribution < 1.29 is 23.1 Å². The molecule has 1 heterocycles. The Kier molecular flexibility index (Phi) is 4.86. The van der Waals surface area contributed by atoms with Crippen LogP contribution in [0.1, 0.15) is 16.7 Å². The first-order valence-corrected chi connectivity index (χ1v) is 9.71. The highest BCUT2D eigenvalue weighted by Gasteiger charge is 2.38. The number of hydrogen-bond donors (Lipinski definition) is 2. The minimum atomic E-state index is -3.77. The molecule has 0 unspecified atom stereocenters. The van der Waals surface area contributed by atoms with Crippen LogP contribution in [0.4, 0.5) is 0 Å². The molecule has 0 aliphatic carbocycles. The number of sulfonamides is 1. The maximum Gasteiger partial charge on any atom is 0.296 e. The molecule has 0 saturated carbocycles. The molecule has 3 N–H and O–H groups in total. The first-order valence-electron chi connectivity index (χ1n) is 8.16. The van der Waals surface area contributed by atoms with Crippen LogP contribution in [-0.2, 0) is 26.0 Å². The lowest BCUT2D eigenvalue weighted by Crippen LogP contribution is -2.33. The summed E-state index contributed by atoms with van der Waals surface area (Å²) in [7, 11) is -3.77. The van der Waals surface area contributed by atoms with Crippen LogP contribution in [0.5, 0.6) is 0 Å². The topological polar surface area (TPSA) is 118 Å². The Hall–Kier alpha value is -2.97. The van der Waals surface area contributed by atoms with Gasteiger partial charge in [-0.15, -0.1) is 0 Å². The van der Waals surface area contributed by atoms with Gasteiger partial charge in [-0.05, 0) is 36.6 Å². The third-order valence-electron chi connectivity index (χ3n) is 4.36. The highest BCUT2D eigenvalue weighted by molar-refractivity contribution is 7.89. The highest BCUT2D eigenvalue weighted by atomic mass is 32.2. The Morgan fingerprint density at radius 3 is 2.11 bits per heavy atom. The van der Waals surface area contributed by atoms with E-state index in [-0.39, 0.29) is 17.0 Å². The molecule has 2 aromatic rings. The van der Waals surface area contributed by atoms with E-state index < -0.39 is 27.6 Å². The van der Waals surface area contributed by atoms with Gasteiger partial charge in [0.2, 0.25) is 10.0 Å². The molecule has 27 heavy (non-hydrogen) atoms. The van der Waals surface area contributed by atoms with Crippen LogP contribution in [0.3, 0.4) is 0 Å². The standard InChI is InChI=1S/C19H18N2O5S/c1-12-2-6-14(7-3-12)16-17(22)19(24)21(18(16)23)11-10-13-4-8-15(9-5-13)27(20,25)26/h2-9,22H,10-11H2,1H3,(H2,20,25,26). The van der Waals surface area contributed by atoms with Crippen LogP contribution in [-0.4, -0.2) is 36.8 Å². The van der Waals surface area contributed by atoms with Crippen LogP contribution < -0.4 is 5.14 Å². The summed E-state index contributed by atoms with van der Waals surface area (Å²) in [5.74, 6) is -1.85. The van der Waals surface area contributed by atoms with Crippen molar-refractivity contribution in [2.24, 2.45) is 5.14 Å². The number of primary sulfonamides is 1. The molecule has 3 rings (SSSR count). The normalized spacial score (nSPS) is 15.0. The van der Waals surface area contributed by atoms with Crippen LogP contribution in [0.25, 0.3) is 5.57 Å². The summed E-state index contributed by atoms with van der Waals surface area (Å²) >= 11 is 0. The Balaban J connectivity index is 1.75. The molecule has 1 aliphatic rings. The Bertz CT molecular complexity index is 1040. The average Bonchev–Trinajstić information content (AvgIpc) is 2.83. The summed E-state index contributed by atoms with van der Waals surface area (Å²) in [6.07, 6.45) is 0.316. The van der Waals surface area contributed by atoms with Gasteiger partial charge in [-0.2, -0.15) is 0 Å². The van der Waals surface area contributed by atoms with E-state index >= 15 is 0 Å². The van der Waals surface area contributed by atoms with Crippen LogP contribution in [0.2, 0.25) is 0 Å². The van der Waals surface area contributed by atoms with E-state index in [1.165, 1.54) is 12.1 Å². The van der Waals surface area contributed by atoms with Crippen molar-refractivity contribution in [2.45, 2.75) is 18.2 Å². The number of nitrogens with zero attached hydrogens (tertiary/aromatic N) is 1. The smallest absolute Gasteiger partial charge is 0.296 e. The van der Waals surface area contributed by atoms with E-state index in [4.69, 9.17) is 5.14 Å². The van der Waals surface area contributed by atoms with Gasteiger partial charge in [-0.1, -0.05) is 42.0 Å². The molecule has 1 aliphatic heterocycles. The summed E-state index contributed by atoms with van der Waals surface area (Å²) in [5.41, 5.74) is 2.20. The van der Waals surface area contributed by atoms with E-state index in [0.717, 1.165) is 16.0 Å². The molecule has 0 bridgehead atoms. The third kappa shape index (κ3) is 3.76. The SMILES string of the molecule is Cc1ccc(C2=C(O)C(=O)N(CCc3ccc(S(N)(=O)=O)cc3)C2=O)cc1. The lowest BCUT2D eigenvalue weighted by atomic mass is 10.0. The molecule has 140 valence electrons. The van der Waals surface area contributed by atoms with Gasteiger partial charge in [0.15, 0.2) is 5.76 Å². The van der Waals surface area contributed by atoms with Crippen molar-refractivity contribution in [1.29, 1.82) is 0 Å². The number of carbonyl (C=O) groups excluding carboxylic acids is 2. The van der Waals surface area contributed by atoms with Crippen LogP contribution in [0.15, 0.2) is 59.2 Å². The predicted molar refractivity (Wildman–Crippen MR) is 99.0 cm³/mol. The largest absolute Gasteiger partial charge is 0.502 e. The first-order chi connectivity index (χ1) is 12.7. The maximum absolute atomic E-state index is 12.6. The number of carbonyl (C=O) groups is 2. The van der Waals surface area contributed by atoms with Crippen molar-refractivity contribution in [2.75, 3.05) is 6.54 Å². The summed E-state index contributed by atoms with van der Waals surface area (Å²) < 4.78 is 22.5. The second-order valence-corrected chi connectivity index (χ2v) is 7.85. The Morgan fingerprint density at radius 1 is 0.963 bits per heavy atom. The minimum Gasteiger partial charge on any atom is -0.502 e. The molecule has 0 aromatic heterocycles. The highest BCUT2D eigenvalue weighted by Crippen LogP contribution is 2.28. The van der Waals surface area contributed by atoms with Crippen molar-refractivity contribution in [3.63, 3.8) is 0 Å². The second-order valence-electron chi connectivity index (χ2n) is 6.29. The fraction of sp³-hybridized carbons (Fsp3) is 0.158. The van der Waals surface area contributed by atoms with Crippen molar-refractivity contribution in [3.05, 3.63) is 71.0 Å². The lowest BCUT2D eigenvalue weighted by molar-refractivity contribution is -0.138. The number of hydrogen-bond acceptors (Lipinski definition) is 5. The van der Waals surface area contributed by atoms with Crippen LogP contribution in [0, 0.1) is 6.92 Å². The van der Waals surface area contributed by atoms with Gasteiger partial charge in [-0.3, -0.25) is 14.5 Å². The van der Waals surface area contributed by atoms with Crippen LogP contribution >= 0.6 is 0 Å². The summed E-state index contributed by atoms with van der Waals surface area (Å²) in [4.78, 5) is 25.9. The number of aliphatic hydroxyl groups is 1. The van der Waals surface area contributed by atoms with Crippen molar-refractivity contribution in [1.82, 2.24) is 4.90 Å². The van der Waals surface area contributed by atoms with Crippen molar-refractivity contribution >= 4 is 27.4 Å². The van der Waals surface area contributed by atoms with E-state index in [9.17, 15) is 23.1 Å². The number of aryl methyl sites for hydroxylation is 1. The predicted octanol–water partition coefficient (Wildman–Crippen LogP) is 1.52. The van der Waals surface area contributed by atoms with Gasteiger partial charge < -0.3 is 5.11 Å². The zero-order valence-corrected chi connectivity index (χ0v) is 15.4. The molecular formula is C19H18N2O5S. The molecule has 2 amide bonds. The number of benzene rings is 2. The molecule has 2 aromatic carbocycles. The summed E-state index contributed by atoms with van der Waals surface area (Å²) in [5, 5.41) is 15.2. The summed E-state index contributed by atoms with van der Waals surface area (Å²) in [6.45, 7) is 1.96.